The van der Waals surface area contributed by atoms with Crippen LogP contribution in [0.3, 0.4) is 0 Å². The van der Waals surface area contributed by atoms with Crippen molar-refractivity contribution in [1.29, 1.82) is 0 Å². The van der Waals surface area contributed by atoms with E-state index in [0.29, 0.717) is 5.92 Å². The van der Waals surface area contributed by atoms with Crippen molar-refractivity contribution in [1.82, 2.24) is 14.4 Å². The minimum atomic E-state index is 0.629. The molecule has 24 heavy (non-hydrogen) atoms. The van der Waals surface area contributed by atoms with E-state index in [1.54, 1.807) is 0 Å². The molecule has 4 rings (SSSR count). The Morgan fingerprint density at radius 3 is 2.54 bits per heavy atom. The van der Waals surface area contributed by atoms with Gasteiger partial charge in [-0.25, -0.2) is 9.97 Å². The predicted octanol–water partition coefficient (Wildman–Crippen LogP) is 5.16. The van der Waals surface area contributed by atoms with Gasteiger partial charge in [0.1, 0.15) is 0 Å². The number of imidazole rings is 1. The number of nitrogens with one attached hydrogen (secondary N) is 1. The fourth-order valence-electron chi connectivity index (χ4n) is 4.54. The normalized spacial score (nSPS) is 20.5. The third-order valence-electron chi connectivity index (χ3n) is 5.99. The van der Waals surface area contributed by atoms with E-state index in [1.165, 1.54) is 76.3 Å². The first-order valence-electron chi connectivity index (χ1n) is 9.97. The monoisotopic (exact) mass is 326 g/mol. The molecule has 2 aliphatic carbocycles. The van der Waals surface area contributed by atoms with Gasteiger partial charge >= 0.3 is 0 Å². The highest BCUT2D eigenvalue weighted by Crippen LogP contribution is 2.32. The number of fused-ring (bicyclic) bond motifs is 1. The first-order chi connectivity index (χ1) is 11.9. The van der Waals surface area contributed by atoms with Crippen LogP contribution in [-0.2, 0) is 0 Å². The predicted molar refractivity (Wildman–Crippen MR) is 98.5 cm³/mol. The third-order valence-corrected chi connectivity index (χ3v) is 5.99. The Labute approximate surface area is 145 Å². The second kappa shape index (κ2) is 7.54. The average molecular weight is 326 g/mol. The van der Waals surface area contributed by atoms with Crippen LogP contribution >= 0.6 is 0 Å². The van der Waals surface area contributed by atoms with Crippen molar-refractivity contribution in [3.63, 3.8) is 0 Å². The average Bonchev–Trinajstić information content (AvgIpc) is 3.12. The van der Waals surface area contributed by atoms with Crippen LogP contribution in [0.25, 0.3) is 5.65 Å². The third kappa shape index (κ3) is 3.57. The number of nitrogens with zero attached hydrogens (tertiary/aromatic N) is 3. The highest BCUT2D eigenvalue weighted by atomic mass is 15.1. The maximum atomic E-state index is 4.98. The van der Waals surface area contributed by atoms with Crippen LogP contribution in [0.5, 0.6) is 0 Å². The first kappa shape index (κ1) is 15.9. The minimum absolute atomic E-state index is 0.629. The molecule has 2 fully saturated rings. The molecular formula is C20H30N4. The summed E-state index contributed by atoms with van der Waals surface area (Å²) in [6.07, 6.45) is 21.2. The van der Waals surface area contributed by atoms with E-state index in [1.807, 2.05) is 6.20 Å². The molecule has 0 saturated heterocycles. The Morgan fingerprint density at radius 2 is 1.75 bits per heavy atom. The highest BCUT2D eigenvalue weighted by Gasteiger charge is 2.19. The van der Waals surface area contributed by atoms with E-state index < -0.39 is 0 Å². The number of hydrogen-bond donors (Lipinski definition) is 1. The van der Waals surface area contributed by atoms with Crippen LogP contribution < -0.4 is 5.32 Å². The molecule has 4 heteroatoms. The van der Waals surface area contributed by atoms with E-state index in [-0.39, 0.29) is 0 Å². The van der Waals surface area contributed by atoms with Crippen LogP contribution in [0.4, 0.5) is 5.82 Å². The van der Waals surface area contributed by atoms with Crippen molar-refractivity contribution in [2.45, 2.75) is 76.5 Å². The largest absolute Gasteiger partial charge is 0.367 e. The summed E-state index contributed by atoms with van der Waals surface area (Å²) in [7, 11) is 0. The molecule has 2 aromatic heterocycles. The van der Waals surface area contributed by atoms with E-state index in [9.17, 15) is 0 Å². The van der Waals surface area contributed by atoms with Gasteiger partial charge in [0, 0.05) is 31.1 Å². The van der Waals surface area contributed by atoms with Crippen molar-refractivity contribution in [3.8, 4) is 0 Å². The lowest BCUT2D eigenvalue weighted by Gasteiger charge is -2.23. The fourth-order valence-corrected chi connectivity index (χ4v) is 4.54. The molecule has 0 aromatic carbocycles. The zero-order valence-corrected chi connectivity index (χ0v) is 14.7. The van der Waals surface area contributed by atoms with Gasteiger partial charge in [0.2, 0.25) is 0 Å². The van der Waals surface area contributed by atoms with Gasteiger partial charge in [0.05, 0.1) is 5.69 Å². The van der Waals surface area contributed by atoms with Gasteiger partial charge in [-0.15, -0.1) is 0 Å². The minimum Gasteiger partial charge on any atom is -0.367 e. The highest BCUT2D eigenvalue weighted by molar-refractivity contribution is 5.62. The van der Waals surface area contributed by atoms with Crippen molar-refractivity contribution >= 4 is 11.5 Å². The smallest absolute Gasteiger partial charge is 0.180 e. The van der Waals surface area contributed by atoms with Gasteiger partial charge in [-0.2, -0.15) is 0 Å². The van der Waals surface area contributed by atoms with E-state index in [2.05, 4.69) is 27.1 Å². The summed E-state index contributed by atoms with van der Waals surface area (Å²) in [5.41, 5.74) is 2.22. The molecule has 0 aliphatic heterocycles. The second-order valence-electron chi connectivity index (χ2n) is 7.73. The number of rotatable bonds is 5. The van der Waals surface area contributed by atoms with Crippen molar-refractivity contribution in [2.24, 2.45) is 5.92 Å². The van der Waals surface area contributed by atoms with Crippen molar-refractivity contribution < 1.29 is 0 Å². The zero-order chi connectivity index (χ0) is 16.2. The van der Waals surface area contributed by atoms with E-state index >= 15 is 0 Å². The SMILES string of the molecule is c1cn2cc(C3CCCCC3)nc(NCCC3CCCCC3)c2n1. The summed E-state index contributed by atoms with van der Waals surface area (Å²) in [4.78, 5) is 9.49. The molecule has 2 heterocycles. The topological polar surface area (TPSA) is 42.2 Å². The maximum absolute atomic E-state index is 4.98. The number of aromatic nitrogens is 3. The molecule has 0 amide bonds. The van der Waals surface area contributed by atoms with Gasteiger partial charge < -0.3 is 9.72 Å². The van der Waals surface area contributed by atoms with Crippen LogP contribution in [0.15, 0.2) is 18.6 Å². The Hall–Kier alpha value is -1.58. The molecule has 0 bridgehead atoms. The molecule has 2 aromatic rings. The fraction of sp³-hybridized carbons (Fsp3) is 0.700. The standard InChI is InChI=1S/C20H30N4/c1-3-7-16(8-4-1)11-12-21-19-20-22-13-14-24(20)15-18(23-19)17-9-5-2-6-10-17/h13-17H,1-12H2,(H,21,23). The Bertz CT molecular complexity index is 651. The van der Waals surface area contributed by atoms with Crippen LogP contribution in [0.2, 0.25) is 0 Å². The van der Waals surface area contributed by atoms with Crippen molar-refractivity contribution in [2.75, 3.05) is 11.9 Å². The molecule has 130 valence electrons. The quantitative estimate of drug-likeness (QED) is 0.825. The molecule has 2 saturated carbocycles. The maximum Gasteiger partial charge on any atom is 0.180 e. The summed E-state index contributed by atoms with van der Waals surface area (Å²) < 4.78 is 2.15. The zero-order valence-electron chi connectivity index (χ0n) is 14.7. The first-order valence-corrected chi connectivity index (χ1v) is 9.97. The van der Waals surface area contributed by atoms with Crippen LogP contribution in [0, 0.1) is 5.92 Å². The van der Waals surface area contributed by atoms with Crippen LogP contribution in [0.1, 0.15) is 82.2 Å². The molecule has 1 N–H and O–H groups in total. The number of anilines is 1. The summed E-state index contributed by atoms with van der Waals surface area (Å²) in [6.45, 7) is 1.02. The summed E-state index contributed by atoms with van der Waals surface area (Å²) in [5, 5.41) is 3.61. The lowest BCUT2D eigenvalue weighted by atomic mass is 9.87. The van der Waals surface area contributed by atoms with Crippen molar-refractivity contribution in [3.05, 3.63) is 24.3 Å². The Morgan fingerprint density at radius 1 is 1.00 bits per heavy atom. The summed E-state index contributed by atoms with van der Waals surface area (Å²) in [6, 6.07) is 0. The second-order valence-corrected chi connectivity index (χ2v) is 7.73. The van der Waals surface area contributed by atoms with Gasteiger partial charge in [0.25, 0.3) is 0 Å². The molecular weight excluding hydrogens is 296 g/mol. The number of hydrogen-bond acceptors (Lipinski definition) is 3. The molecule has 2 aliphatic rings. The summed E-state index contributed by atoms with van der Waals surface area (Å²) in [5.74, 6) is 2.52. The van der Waals surface area contributed by atoms with Gasteiger partial charge in [-0.05, 0) is 25.2 Å². The van der Waals surface area contributed by atoms with E-state index in [0.717, 1.165) is 23.9 Å². The molecule has 0 spiro atoms. The molecule has 0 atom stereocenters. The van der Waals surface area contributed by atoms with Gasteiger partial charge in [0.15, 0.2) is 11.5 Å². The Kier molecular flexibility index (Phi) is 5.00. The Balaban J connectivity index is 1.47. The summed E-state index contributed by atoms with van der Waals surface area (Å²) >= 11 is 0. The molecule has 4 nitrogen and oxygen atoms in total. The molecule has 0 radical (unpaired) electrons. The van der Waals surface area contributed by atoms with Gasteiger partial charge in [-0.3, -0.25) is 0 Å². The van der Waals surface area contributed by atoms with E-state index in [4.69, 9.17) is 4.98 Å². The van der Waals surface area contributed by atoms with Crippen LogP contribution in [-0.4, -0.2) is 20.9 Å². The lowest BCUT2D eigenvalue weighted by molar-refractivity contribution is 0.345. The lowest BCUT2D eigenvalue weighted by Crippen LogP contribution is -2.15. The molecule has 0 unspecified atom stereocenters. The van der Waals surface area contributed by atoms with Gasteiger partial charge in [-0.1, -0.05) is 51.4 Å².